The van der Waals surface area contributed by atoms with E-state index < -0.39 is 11.7 Å². The van der Waals surface area contributed by atoms with E-state index in [1.165, 1.54) is 6.07 Å². The quantitative estimate of drug-likeness (QED) is 0.872. The lowest BCUT2D eigenvalue weighted by molar-refractivity contribution is -0.137. The van der Waals surface area contributed by atoms with Gasteiger partial charge in [-0.05, 0) is 37.5 Å². The van der Waals surface area contributed by atoms with Crippen molar-refractivity contribution in [3.8, 4) is 16.9 Å². The van der Waals surface area contributed by atoms with Gasteiger partial charge in [0.25, 0.3) is 0 Å². The van der Waals surface area contributed by atoms with E-state index >= 15 is 0 Å². The second kappa shape index (κ2) is 4.90. The molecule has 0 spiro atoms. The van der Waals surface area contributed by atoms with Crippen LogP contribution in [0.4, 0.5) is 19.0 Å². The van der Waals surface area contributed by atoms with Crippen molar-refractivity contribution < 1.29 is 18.3 Å². The molecule has 2 aromatic rings. The van der Waals surface area contributed by atoms with Gasteiger partial charge < -0.3 is 10.8 Å². The summed E-state index contributed by atoms with van der Waals surface area (Å²) in [6.07, 6.45) is -2.62. The largest absolute Gasteiger partial charge is 0.507 e. The van der Waals surface area contributed by atoms with Crippen molar-refractivity contribution in [1.82, 2.24) is 4.98 Å². The van der Waals surface area contributed by atoms with E-state index in [1.54, 1.807) is 13.0 Å². The van der Waals surface area contributed by atoms with Gasteiger partial charge >= 0.3 is 6.18 Å². The van der Waals surface area contributed by atoms with E-state index in [0.29, 0.717) is 22.4 Å². The van der Waals surface area contributed by atoms with Gasteiger partial charge in [-0.3, -0.25) is 0 Å². The SMILES string of the molecule is Cc1c(N)nc(C2CC2)c(-c2cccc(C(F)(F)F)c2)c1O. The Morgan fingerprint density at radius 3 is 2.55 bits per heavy atom. The number of pyridine rings is 1. The van der Waals surface area contributed by atoms with Crippen molar-refractivity contribution in [2.45, 2.75) is 31.9 Å². The van der Waals surface area contributed by atoms with E-state index in [0.717, 1.165) is 25.0 Å². The monoisotopic (exact) mass is 308 g/mol. The topological polar surface area (TPSA) is 59.1 Å². The summed E-state index contributed by atoms with van der Waals surface area (Å²) in [6, 6.07) is 4.93. The van der Waals surface area contributed by atoms with Crippen LogP contribution < -0.4 is 5.73 Å². The van der Waals surface area contributed by atoms with Gasteiger partial charge in [0.15, 0.2) is 0 Å². The van der Waals surface area contributed by atoms with Crippen LogP contribution in [0.3, 0.4) is 0 Å². The number of nitrogens with two attached hydrogens (primary N) is 1. The zero-order valence-electron chi connectivity index (χ0n) is 11.9. The fourth-order valence-corrected chi connectivity index (χ4v) is 2.49. The van der Waals surface area contributed by atoms with Gasteiger partial charge in [-0.2, -0.15) is 13.2 Å². The molecule has 116 valence electrons. The first-order chi connectivity index (χ1) is 10.3. The Morgan fingerprint density at radius 2 is 1.95 bits per heavy atom. The van der Waals surface area contributed by atoms with Gasteiger partial charge in [0, 0.05) is 17.0 Å². The first-order valence-corrected chi connectivity index (χ1v) is 6.95. The molecule has 22 heavy (non-hydrogen) atoms. The molecule has 1 aliphatic carbocycles. The molecule has 0 radical (unpaired) electrons. The summed E-state index contributed by atoms with van der Waals surface area (Å²) in [5.41, 5.74) is 6.67. The Hall–Kier alpha value is -2.24. The molecule has 0 unspecified atom stereocenters. The maximum atomic E-state index is 12.9. The fourth-order valence-electron chi connectivity index (χ4n) is 2.49. The molecule has 1 fully saturated rings. The van der Waals surface area contributed by atoms with Gasteiger partial charge in [-0.1, -0.05) is 12.1 Å². The molecule has 0 bridgehead atoms. The first kappa shape index (κ1) is 14.7. The van der Waals surface area contributed by atoms with Crippen LogP contribution in [0.25, 0.3) is 11.1 Å². The van der Waals surface area contributed by atoms with Crippen LogP contribution in [0.5, 0.6) is 5.75 Å². The average molecular weight is 308 g/mol. The summed E-state index contributed by atoms with van der Waals surface area (Å²) >= 11 is 0. The second-order valence-electron chi connectivity index (χ2n) is 5.58. The third-order valence-corrected chi connectivity index (χ3v) is 3.92. The second-order valence-corrected chi connectivity index (χ2v) is 5.58. The van der Waals surface area contributed by atoms with Crippen LogP contribution in [0.15, 0.2) is 24.3 Å². The molecule has 0 aliphatic heterocycles. The third kappa shape index (κ3) is 2.49. The zero-order chi connectivity index (χ0) is 16.1. The van der Waals surface area contributed by atoms with Crippen LogP contribution in [0.1, 0.15) is 35.6 Å². The molecule has 0 atom stereocenters. The Morgan fingerprint density at radius 1 is 1.27 bits per heavy atom. The Balaban J connectivity index is 2.22. The summed E-state index contributed by atoms with van der Waals surface area (Å²) in [6.45, 7) is 1.60. The molecule has 0 saturated heterocycles. The van der Waals surface area contributed by atoms with Gasteiger partial charge in [-0.25, -0.2) is 4.98 Å². The highest BCUT2D eigenvalue weighted by Crippen LogP contribution is 2.48. The molecule has 3 N–H and O–H groups in total. The van der Waals surface area contributed by atoms with Crippen LogP contribution in [0.2, 0.25) is 0 Å². The molecule has 1 aliphatic rings. The number of hydrogen-bond donors (Lipinski definition) is 2. The lowest BCUT2D eigenvalue weighted by atomic mass is 9.96. The lowest BCUT2D eigenvalue weighted by Crippen LogP contribution is -2.06. The number of nitrogen functional groups attached to an aromatic ring is 1. The molecule has 0 amide bonds. The minimum Gasteiger partial charge on any atom is -0.507 e. The van der Waals surface area contributed by atoms with Crippen LogP contribution in [0, 0.1) is 6.92 Å². The maximum absolute atomic E-state index is 12.9. The van der Waals surface area contributed by atoms with E-state index in [-0.39, 0.29) is 17.5 Å². The molecular formula is C16H15F3N2O. The minimum absolute atomic E-state index is 0.0891. The first-order valence-electron chi connectivity index (χ1n) is 6.95. The van der Waals surface area contributed by atoms with E-state index in [9.17, 15) is 18.3 Å². The molecule has 6 heteroatoms. The summed E-state index contributed by atoms with van der Waals surface area (Å²) in [7, 11) is 0. The fraction of sp³-hybridized carbons (Fsp3) is 0.312. The van der Waals surface area contributed by atoms with E-state index in [2.05, 4.69) is 4.98 Å². The Bertz CT molecular complexity index is 737. The average Bonchev–Trinajstić information content (AvgIpc) is 3.28. The smallest absolute Gasteiger partial charge is 0.416 e. The number of aromatic nitrogens is 1. The molecule has 1 aromatic carbocycles. The molecule has 1 heterocycles. The summed E-state index contributed by atoms with van der Waals surface area (Å²) in [5, 5.41) is 10.4. The number of rotatable bonds is 2. The molecule has 3 rings (SSSR count). The van der Waals surface area contributed by atoms with Crippen LogP contribution in [-0.4, -0.2) is 10.1 Å². The van der Waals surface area contributed by atoms with Gasteiger partial charge in [0.1, 0.15) is 11.6 Å². The van der Waals surface area contributed by atoms with Crippen molar-refractivity contribution >= 4 is 5.82 Å². The lowest BCUT2D eigenvalue weighted by Gasteiger charge is -2.16. The van der Waals surface area contributed by atoms with E-state index in [4.69, 9.17) is 5.73 Å². The highest BCUT2D eigenvalue weighted by molar-refractivity contribution is 5.77. The number of alkyl halides is 3. The molecule has 1 saturated carbocycles. The number of nitrogens with zero attached hydrogens (tertiary/aromatic N) is 1. The highest BCUT2D eigenvalue weighted by Gasteiger charge is 2.33. The van der Waals surface area contributed by atoms with Gasteiger partial charge in [0.2, 0.25) is 0 Å². The zero-order valence-corrected chi connectivity index (χ0v) is 11.9. The number of hydrogen-bond acceptors (Lipinski definition) is 3. The highest BCUT2D eigenvalue weighted by atomic mass is 19.4. The molecule has 1 aromatic heterocycles. The predicted octanol–water partition coefficient (Wildman–Crippen LogP) is 4.24. The predicted molar refractivity (Wildman–Crippen MR) is 77.5 cm³/mol. The van der Waals surface area contributed by atoms with Crippen LogP contribution >= 0.6 is 0 Å². The molecule has 3 nitrogen and oxygen atoms in total. The molecular weight excluding hydrogens is 293 g/mol. The Kier molecular flexibility index (Phi) is 3.27. The van der Waals surface area contributed by atoms with Crippen molar-refractivity contribution in [2.24, 2.45) is 0 Å². The number of anilines is 1. The van der Waals surface area contributed by atoms with Gasteiger partial charge in [-0.15, -0.1) is 0 Å². The van der Waals surface area contributed by atoms with Crippen molar-refractivity contribution in [3.63, 3.8) is 0 Å². The van der Waals surface area contributed by atoms with Gasteiger partial charge in [0.05, 0.1) is 11.3 Å². The van der Waals surface area contributed by atoms with Crippen LogP contribution in [-0.2, 0) is 6.18 Å². The maximum Gasteiger partial charge on any atom is 0.416 e. The van der Waals surface area contributed by atoms with E-state index in [1.807, 2.05) is 0 Å². The van der Waals surface area contributed by atoms with Crippen molar-refractivity contribution in [1.29, 1.82) is 0 Å². The Labute approximate surface area is 125 Å². The number of benzene rings is 1. The summed E-state index contributed by atoms with van der Waals surface area (Å²) in [4.78, 5) is 4.30. The normalized spacial score (nSPS) is 15.1. The number of halogens is 3. The summed E-state index contributed by atoms with van der Waals surface area (Å²) < 4.78 is 38.7. The number of aromatic hydroxyl groups is 1. The van der Waals surface area contributed by atoms with Crippen molar-refractivity contribution in [2.75, 3.05) is 5.73 Å². The van der Waals surface area contributed by atoms with Crippen molar-refractivity contribution in [3.05, 3.63) is 41.1 Å². The summed E-state index contributed by atoms with van der Waals surface area (Å²) in [5.74, 6) is 0.280. The third-order valence-electron chi connectivity index (χ3n) is 3.92. The standard InChI is InChI=1S/C16H15F3N2O/c1-8-14(22)12(13(9-5-6-9)21-15(8)20)10-3-2-4-11(7-10)16(17,18)19/h2-4,7,9H,5-6H2,1H3,(H3,20,21,22). The minimum atomic E-state index is -4.43.